The van der Waals surface area contributed by atoms with E-state index in [2.05, 4.69) is 29.5 Å². The maximum Gasteiger partial charge on any atom is 0.321 e. The minimum absolute atomic E-state index is 0.0881. The average molecular weight is 423 g/mol. The van der Waals surface area contributed by atoms with Gasteiger partial charge in [0, 0.05) is 30.9 Å². The third kappa shape index (κ3) is 4.71. The van der Waals surface area contributed by atoms with Crippen molar-refractivity contribution in [3.63, 3.8) is 0 Å². The number of amides is 3. The lowest BCUT2D eigenvalue weighted by atomic mass is 9.80. The number of hydrogen-bond acceptors (Lipinski definition) is 4. The molecule has 4 rings (SSSR count). The zero-order valence-corrected chi connectivity index (χ0v) is 18.1. The summed E-state index contributed by atoms with van der Waals surface area (Å²) in [7, 11) is 0. The Labute approximate surface area is 183 Å². The molecule has 0 bridgehead atoms. The quantitative estimate of drug-likeness (QED) is 0.778. The molecule has 2 N–H and O–H groups in total. The number of aryl methyl sites for hydroxylation is 1. The van der Waals surface area contributed by atoms with Gasteiger partial charge in [0.2, 0.25) is 0 Å². The number of hydrogen-bond donors (Lipinski definition) is 2. The Morgan fingerprint density at radius 1 is 1.16 bits per heavy atom. The second-order valence-corrected chi connectivity index (χ2v) is 8.52. The first-order chi connectivity index (χ1) is 15.0. The van der Waals surface area contributed by atoms with Crippen LogP contribution in [-0.4, -0.2) is 46.6 Å². The highest BCUT2D eigenvalue weighted by Gasteiger charge is 2.49. The minimum Gasteiger partial charge on any atom is -0.362 e. The number of nitrogens with zero attached hydrogens (tertiary/aromatic N) is 2. The molecule has 0 aliphatic carbocycles. The lowest BCUT2D eigenvalue weighted by Gasteiger charge is -2.44. The van der Waals surface area contributed by atoms with Gasteiger partial charge < -0.3 is 20.3 Å². The van der Waals surface area contributed by atoms with Crippen LogP contribution in [0.25, 0.3) is 0 Å². The highest BCUT2D eigenvalue weighted by molar-refractivity contribution is 5.94. The molecule has 3 unspecified atom stereocenters. The second-order valence-electron chi connectivity index (χ2n) is 8.52. The fourth-order valence-electron chi connectivity index (χ4n) is 4.54. The van der Waals surface area contributed by atoms with E-state index in [1.54, 1.807) is 18.5 Å². The Hall–Kier alpha value is -2.93. The normalized spacial score (nSPS) is 25.4. The molecule has 0 saturated carbocycles. The Kier molecular flexibility index (Phi) is 6.23. The molecule has 1 aromatic carbocycles. The van der Waals surface area contributed by atoms with Crippen molar-refractivity contribution >= 4 is 23.3 Å². The Balaban J connectivity index is 1.32. The van der Waals surface area contributed by atoms with E-state index in [4.69, 9.17) is 4.74 Å². The molecule has 7 heteroatoms. The van der Waals surface area contributed by atoms with Gasteiger partial charge in [-0.25, -0.2) is 4.79 Å². The number of carbonyl (C=O) groups excluding carboxylic acids is 2. The Morgan fingerprint density at radius 3 is 2.65 bits per heavy atom. The first-order valence-electron chi connectivity index (χ1n) is 11.0. The first-order valence-corrected chi connectivity index (χ1v) is 11.0. The van der Waals surface area contributed by atoms with Crippen LogP contribution in [0.2, 0.25) is 0 Å². The summed E-state index contributed by atoms with van der Waals surface area (Å²) in [6.07, 6.45) is 6.04. The highest BCUT2D eigenvalue weighted by Crippen LogP contribution is 2.42. The second kappa shape index (κ2) is 9.06. The van der Waals surface area contributed by atoms with Crippen LogP contribution in [0, 0.1) is 5.92 Å². The van der Waals surface area contributed by atoms with Crippen molar-refractivity contribution in [3.8, 4) is 0 Å². The number of ether oxygens (including phenoxy) is 1. The molecule has 2 aliphatic rings. The largest absolute Gasteiger partial charge is 0.362 e. The van der Waals surface area contributed by atoms with Gasteiger partial charge in [-0.1, -0.05) is 26.0 Å². The molecule has 3 heterocycles. The third-order valence-corrected chi connectivity index (χ3v) is 6.53. The predicted octanol–water partition coefficient (Wildman–Crippen LogP) is 4.07. The molecule has 3 atom stereocenters. The molecule has 7 nitrogen and oxygen atoms in total. The van der Waals surface area contributed by atoms with Crippen LogP contribution in [0.15, 0.2) is 48.8 Å². The van der Waals surface area contributed by atoms with Crippen LogP contribution in [0.1, 0.15) is 38.7 Å². The zero-order valence-electron chi connectivity index (χ0n) is 18.1. The maximum atomic E-state index is 12.8. The van der Waals surface area contributed by atoms with Gasteiger partial charge in [0.25, 0.3) is 5.91 Å². The van der Waals surface area contributed by atoms with E-state index in [0.29, 0.717) is 25.2 Å². The van der Waals surface area contributed by atoms with E-state index in [9.17, 15) is 9.59 Å². The van der Waals surface area contributed by atoms with Crippen molar-refractivity contribution in [3.05, 3.63) is 54.4 Å². The maximum absolute atomic E-state index is 12.8. The zero-order chi connectivity index (χ0) is 21.8. The number of urea groups is 1. The number of nitrogens with one attached hydrogen (secondary N) is 2. The molecular weight excluding hydrogens is 392 g/mol. The van der Waals surface area contributed by atoms with Gasteiger partial charge in [0.15, 0.2) is 0 Å². The molecule has 2 aliphatic heterocycles. The molecule has 3 amide bonds. The van der Waals surface area contributed by atoms with E-state index in [0.717, 1.165) is 24.9 Å². The van der Waals surface area contributed by atoms with Crippen molar-refractivity contribution in [1.29, 1.82) is 0 Å². The van der Waals surface area contributed by atoms with Gasteiger partial charge in [-0.3, -0.25) is 9.78 Å². The number of anilines is 2. The lowest BCUT2D eigenvalue weighted by molar-refractivity contribution is -0.141. The van der Waals surface area contributed by atoms with Gasteiger partial charge >= 0.3 is 6.03 Å². The van der Waals surface area contributed by atoms with Crippen LogP contribution in [0.4, 0.5) is 16.2 Å². The van der Waals surface area contributed by atoms with Gasteiger partial charge in [-0.15, -0.1) is 0 Å². The number of carbonyl (C=O) groups is 2. The van der Waals surface area contributed by atoms with Crippen LogP contribution in [0.5, 0.6) is 0 Å². The smallest absolute Gasteiger partial charge is 0.321 e. The SMILES string of the molecule is CCc1ccc(NC(=O)N2CCC3(CCC(C(=O)Nc4cccnc4)O3)C(C)C2)cc1. The van der Waals surface area contributed by atoms with E-state index in [-0.39, 0.29) is 23.5 Å². The molecule has 164 valence electrons. The highest BCUT2D eigenvalue weighted by atomic mass is 16.5. The van der Waals surface area contributed by atoms with E-state index in [1.165, 1.54) is 5.56 Å². The summed E-state index contributed by atoms with van der Waals surface area (Å²) >= 11 is 0. The van der Waals surface area contributed by atoms with Gasteiger partial charge in [-0.2, -0.15) is 0 Å². The summed E-state index contributed by atoms with van der Waals surface area (Å²) in [5.74, 6) is 0.0124. The molecule has 1 aromatic heterocycles. The monoisotopic (exact) mass is 422 g/mol. The standard InChI is InChI=1S/C24H30N4O3/c1-3-18-6-8-19(9-7-18)27-23(30)28-14-12-24(17(2)16-28)11-10-21(31-24)22(29)26-20-5-4-13-25-15-20/h4-9,13,15,17,21H,3,10-12,14,16H2,1-2H3,(H,26,29)(H,27,30). The molecule has 2 aromatic rings. The molecule has 2 saturated heterocycles. The number of likely N-dealkylation sites (tertiary alicyclic amines) is 1. The summed E-state index contributed by atoms with van der Waals surface area (Å²) in [4.78, 5) is 31.2. The van der Waals surface area contributed by atoms with Crippen molar-refractivity contribution in [1.82, 2.24) is 9.88 Å². The number of pyridine rings is 1. The summed E-state index contributed by atoms with van der Waals surface area (Å²) in [5.41, 5.74) is 2.37. The Morgan fingerprint density at radius 2 is 1.97 bits per heavy atom. The van der Waals surface area contributed by atoms with E-state index >= 15 is 0 Å². The topological polar surface area (TPSA) is 83.6 Å². The number of aromatic nitrogens is 1. The third-order valence-electron chi connectivity index (χ3n) is 6.53. The molecule has 2 fully saturated rings. The number of benzene rings is 1. The van der Waals surface area contributed by atoms with Crippen molar-refractivity contribution < 1.29 is 14.3 Å². The van der Waals surface area contributed by atoms with E-state index < -0.39 is 6.10 Å². The van der Waals surface area contributed by atoms with Crippen LogP contribution < -0.4 is 10.6 Å². The van der Waals surface area contributed by atoms with Crippen LogP contribution in [-0.2, 0) is 16.0 Å². The fraction of sp³-hybridized carbons (Fsp3) is 0.458. The summed E-state index contributed by atoms with van der Waals surface area (Å²) in [6.45, 7) is 5.43. The average Bonchev–Trinajstić information content (AvgIpc) is 3.22. The van der Waals surface area contributed by atoms with Crippen LogP contribution in [0.3, 0.4) is 0 Å². The van der Waals surface area contributed by atoms with Gasteiger partial charge in [0.05, 0.1) is 17.5 Å². The Bertz CT molecular complexity index is 918. The molecule has 1 spiro atoms. The van der Waals surface area contributed by atoms with Gasteiger partial charge in [0.1, 0.15) is 6.10 Å². The summed E-state index contributed by atoms with van der Waals surface area (Å²) in [5, 5.41) is 5.88. The number of piperidine rings is 1. The summed E-state index contributed by atoms with van der Waals surface area (Å²) < 4.78 is 6.32. The first kappa shape index (κ1) is 21.3. The van der Waals surface area contributed by atoms with E-state index in [1.807, 2.05) is 35.2 Å². The number of rotatable bonds is 4. The molecule has 0 radical (unpaired) electrons. The minimum atomic E-state index is -0.472. The summed E-state index contributed by atoms with van der Waals surface area (Å²) in [6, 6.07) is 11.5. The fourth-order valence-corrected chi connectivity index (χ4v) is 4.54. The molecular formula is C24H30N4O3. The van der Waals surface area contributed by atoms with Crippen molar-refractivity contribution in [2.75, 3.05) is 23.7 Å². The van der Waals surface area contributed by atoms with Crippen molar-refractivity contribution in [2.45, 2.75) is 51.2 Å². The molecule has 31 heavy (non-hydrogen) atoms. The van der Waals surface area contributed by atoms with Crippen molar-refractivity contribution in [2.24, 2.45) is 5.92 Å². The van der Waals surface area contributed by atoms with Crippen LogP contribution >= 0.6 is 0 Å². The predicted molar refractivity (Wildman–Crippen MR) is 120 cm³/mol. The lowest BCUT2D eigenvalue weighted by Crippen LogP contribution is -2.53. The van der Waals surface area contributed by atoms with Gasteiger partial charge in [-0.05, 0) is 55.5 Å².